The number of aryl methyl sites for hydroxylation is 1. The molecule has 1 heterocycles. The van der Waals surface area contributed by atoms with Crippen molar-refractivity contribution in [3.63, 3.8) is 0 Å². The molecule has 1 unspecified atom stereocenters. The number of carbonyl (C=O) groups excluding carboxylic acids is 2. The van der Waals surface area contributed by atoms with E-state index in [2.05, 4.69) is 10.2 Å². The summed E-state index contributed by atoms with van der Waals surface area (Å²) in [7, 11) is 1.98. The Balaban J connectivity index is 1.71. The minimum Gasteiger partial charge on any atom is -0.375 e. The summed E-state index contributed by atoms with van der Waals surface area (Å²) >= 11 is 0. The van der Waals surface area contributed by atoms with Crippen LogP contribution in [0.3, 0.4) is 0 Å². The van der Waals surface area contributed by atoms with Crippen LogP contribution in [-0.4, -0.2) is 32.0 Å². The van der Waals surface area contributed by atoms with Gasteiger partial charge in [-0.3, -0.25) is 9.59 Å². The lowest BCUT2D eigenvalue weighted by Crippen LogP contribution is -2.28. The van der Waals surface area contributed by atoms with Crippen molar-refractivity contribution in [2.75, 3.05) is 35.3 Å². The first-order valence-corrected chi connectivity index (χ1v) is 9.07. The van der Waals surface area contributed by atoms with E-state index in [-0.39, 0.29) is 30.5 Å². The van der Waals surface area contributed by atoms with E-state index in [1.54, 1.807) is 19.1 Å². The maximum Gasteiger partial charge on any atom is 0.229 e. The number of halogens is 1. The molecular formula is C21H24FN3O2. The van der Waals surface area contributed by atoms with Crippen molar-refractivity contribution >= 4 is 28.9 Å². The summed E-state index contributed by atoms with van der Waals surface area (Å²) in [5, 5.41) is 2.88. The quantitative estimate of drug-likeness (QED) is 0.876. The Bertz CT molecular complexity index is 868. The van der Waals surface area contributed by atoms with Crippen molar-refractivity contribution in [3.05, 3.63) is 53.8 Å². The van der Waals surface area contributed by atoms with Gasteiger partial charge in [0.1, 0.15) is 5.82 Å². The zero-order chi connectivity index (χ0) is 19.6. The molecule has 1 N–H and O–H groups in total. The number of hydrogen-bond donors (Lipinski definition) is 1. The molecule has 0 aromatic heterocycles. The van der Waals surface area contributed by atoms with Crippen molar-refractivity contribution in [1.82, 2.24) is 0 Å². The highest BCUT2D eigenvalue weighted by Gasteiger charge is 2.36. The highest BCUT2D eigenvalue weighted by atomic mass is 19.1. The van der Waals surface area contributed by atoms with E-state index in [1.165, 1.54) is 11.0 Å². The zero-order valence-corrected chi connectivity index (χ0v) is 15.8. The Kier molecular flexibility index (Phi) is 5.44. The van der Waals surface area contributed by atoms with E-state index < -0.39 is 11.7 Å². The Morgan fingerprint density at radius 3 is 2.78 bits per heavy atom. The molecule has 1 atom stereocenters. The van der Waals surface area contributed by atoms with E-state index in [0.29, 0.717) is 5.69 Å². The maximum absolute atomic E-state index is 14.2. The molecule has 2 amide bonds. The summed E-state index contributed by atoms with van der Waals surface area (Å²) in [6, 6.07) is 12.3. The molecular weight excluding hydrogens is 345 g/mol. The zero-order valence-electron chi connectivity index (χ0n) is 15.8. The molecule has 1 aliphatic rings. The molecule has 1 fully saturated rings. The predicted octanol–water partition coefficient (Wildman–Crippen LogP) is 3.58. The fourth-order valence-corrected chi connectivity index (χ4v) is 3.19. The highest BCUT2D eigenvalue weighted by molar-refractivity contribution is 6.03. The number of nitrogens with one attached hydrogen (secondary N) is 1. The molecule has 2 aromatic carbocycles. The molecule has 0 bridgehead atoms. The molecule has 27 heavy (non-hydrogen) atoms. The molecule has 0 saturated carbocycles. The molecule has 5 nitrogen and oxygen atoms in total. The molecule has 142 valence electrons. The first kappa shape index (κ1) is 18.9. The standard InChI is InChI=1S/C21H24FN3O2/c1-4-24(3)17-7-5-6-16(12-17)23-21(27)15-11-20(26)25(13-15)19-9-8-14(2)10-18(19)22/h5-10,12,15H,4,11,13H2,1-3H3,(H,23,27). The van der Waals surface area contributed by atoms with E-state index in [1.807, 2.05) is 38.2 Å². The van der Waals surface area contributed by atoms with Gasteiger partial charge in [-0.15, -0.1) is 0 Å². The highest BCUT2D eigenvalue weighted by Crippen LogP contribution is 2.29. The van der Waals surface area contributed by atoms with Crippen molar-refractivity contribution < 1.29 is 14.0 Å². The number of benzene rings is 2. The lowest BCUT2D eigenvalue weighted by molar-refractivity contribution is -0.122. The third-order valence-electron chi connectivity index (χ3n) is 4.92. The Morgan fingerprint density at radius 2 is 2.07 bits per heavy atom. The molecule has 0 spiro atoms. The summed E-state index contributed by atoms with van der Waals surface area (Å²) in [4.78, 5) is 28.4. The van der Waals surface area contributed by atoms with Gasteiger partial charge in [-0.25, -0.2) is 4.39 Å². The van der Waals surface area contributed by atoms with Gasteiger partial charge in [0, 0.05) is 37.9 Å². The van der Waals surface area contributed by atoms with E-state index in [0.717, 1.165) is 17.8 Å². The number of hydrogen-bond acceptors (Lipinski definition) is 3. The van der Waals surface area contributed by atoms with Crippen molar-refractivity contribution in [1.29, 1.82) is 0 Å². The minimum absolute atomic E-state index is 0.0771. The van der Waals surface area contributed by atoms with Gasteiger partial charge >= 0.3 is 0 Å². The fraction of sp³-hybridized carbons (Fsp3) is 0.333. The van der Waals surface area contributed by atoms with E-state index >= 15 is 0 Å². The van der Waals surface area contributed by atoms with Gasteiger partial charge in [0.25, 0.3) is 0 Å². The second-order valence-corrected chi connectivity index (χ2v) is 6.91. The molecule has 0 aliphatic carbocycles. The van der Waals surface area contributed by atoms with Gasteiger partial charge < -0.3 is 15.1 Å². The van der Waals surface area contributed by atoms with Crippen LogP contribution in [0, 0.1) is 18.7 Å². The van der Waals surface area contributed by atoms with Crippen molar-refractivity contribution in [2.45, 2.75) is 20.3 Å². The van der Waals surface area contributed by atoms with Crippen LogP contribution in [0.4, 0.5) is 21.5 Å². The first-order valence-electron chi connectivity index (χ1n) is 9.07. The minimum atomic E-state index is -0.509. The third kappa shape index (κ3) is 4.10. The number of anilines is 3. The maximum atomic E-state index is 14.2. The number of carbonyl (C=O) groups is 2. The Labute approximate surface area is 158 Å². The summed E-state index contributed by atoms with van der Waals surface area (Å²) in [5.74, 6) is -1.42. The van der Waals surface area contributed by atoms with Crippen LogP contribution in [0.5, 0.6) is 0 Å². The fourth-order valence-electron chi connectivity index (χ4n) is 3.19. The molecule has 2 aromatic rings. The lowest BCUT2D eigenvalue weighted by Gasteiger charge is -2.19. The topological polar surface area (TPSA) is 52.7 Å². The van der Waals surface area contributed by atoms with Crippen molar-refractivity contribution in [3.8, 4) is 0 Å². The molecule has 1 aliphatic heterocycles. The van der Waals surface area contributed by atoms with Gasteiger partial charge in [0.15, 0.2) is 0 Å². The van der Waals surface area contributed by atoms with Crippen LogP contribution in [-0.2, 0) is 9.59 Å². The van der Waals surface area contributed by atoms with Crippen LogP contribution in [0.2, 0.25) is 0 Å². The summed E-state index contributed by atoms with van der Waals surface area (Å²) in [6.07, 6.45) is 0.0771. The molecule has 3 rings (SSSR count). The summed E-state index contributed by atoms with van der Waals surface area (Å²) in [5.41, 5.74) is 2.70. The predicted molar refractivity (Wildman–Crippen MR) is 106 cm³/mol. The monoisotopic (exact) mass is 369 g/mol. The van der Waals surface area contributed by atoms with Gasteiger partial charge in [-0.1, -0.05) is 12.1 Å². The van der Waals surface area contributed by atoms with Crippen LogP contribution in [0.1, 0.15) is 18.9 Å². The van der Waals surface area contributed by atoms with Crippen LogP contribution in [0.15, 0.2) is 42.5 Å². The van der Waals surface area contributed by atoms with Crippen LogP contribution < -0.4 is 15.1 Å². The molecule has 0 radical (unpaired) electrons. The van der Waals surface area contributed by atoms with Gasteiger partial charge in [-0.2, -0.15) is 0 Å². The van der Waals surface area contributed by atoms with Crippen LogP contribution in [0.25, 0.3) is 0 Å². The smallest absolute Gasteiger partial charge is 0.229 e. The average molecular weight is 369 g/mol. The molecule has 6 heteroatoms. The Hall–Kier alpha value is -2.89. The largest absolute Gasteiger partial charge is 0.375 e. The van der Waals surface area contributed by atoms with Crippen molar-refractivity contribution in [2.24, 2.45) is 5.92 Å². The number of nitrogens with zero attached hydrogens (tertiary/aromatic N) is 2. The summed E-state index contributed by atoms with van der Waals surface area (Å²) in [6.45, 7) is 4.87. The first-order chi connectivity index (χ1) is 12.9. The number of amides is 2. The van der Waals surface area contributed by atoms with Gasteiger partial charge in [0.2, 0.25) is 11.8 Å². The lowest BCUT2D eigenvalue weighted by atomic mass is 10.1. The second-order valence-electron chi connectivity index (χ2n) is 6.91. The van der Waals surface area contributed by atoms with E-state index in [9.17, 15) is 14.0 Å². The second kappa shape index (κ2) is 7.78. The Morgan fingerprint density at radius 1 is 1.30 bits per heavy atom. The normalized spacial score (nSPS) is 16.5. The third-order valence-corrected chi connectivity index (χ3v) is 4.92. The van der Waals surface area contributed by atoms with Gasteiger partial charge in [-0.05, 0) is 49.7 Å². The average Bonchev–Trinajstić information content (AvgIpc) is 3.03. The van der Waals surface area contributed by atoms with E-state index in [4.69, 9.17) is 0 Å². The van der Waals surface area contributed by atoms with Gasteiger partial charge in [0.05, 0.1) is 11.6 Å². The number of rotatable bonds is 5. The summed E-state index contributed by atoms with van der Waals surface area (Å²) < 4.78 is 14.2. The SMILES string of the molecule is CCN(C)c1cccc(NC(=O)C2CC(=O)N(c3ccc(C)cc3F)C2)c1. The van der Waals surface area contributed by atoms with Crippen LogP contribution >= 0.6 is 0 Å². The molecule has 1 saturated heterocycles.